The molecule has 1 unspecified atom stereocenters. The van der Waals surface area contributed by atoms with E-state index in [4.69, 9.17) is 27.9 Å². The average Bonchev–Trinajstić information content (AvgIpc) is 2.80. The number of halogens is 2. The van der Waals surface area contributed by atoms with Crippen LogP contribution in [0.2, 0.25) is 10.0 Å². The van der Waals surface area contributed by atoms with Crippen molar-refractivity contribution in [2.24, 2.45) is 0 Å². The fourth-order valence-electron chi connectivity index (χ4n) is 2.80. The zero-order valence-electron chi connectivity index (χ0n) is 17.7. The molecule has 0 heterocycles. The van der Waals surface area contributed by atoms with E-state index in [0.717, 1.165) is 11.8 Å². The Balaban J connectivity index is 1.49. The molecule has 0 fully saturated rings. The van der Waals surface area contributed by atoms with Crippen molar-refractivity contribution in [3.63, 3.8) is 0 Å². The third-order valence-corrected chi connectivity index (χ3v) is 6.21. The number of hydrogen-bond acceptors (Lipinski definition) is 5. The summed E-state index contributed by atoms with van der Waals surface area (Å²) in [5, 5.41) is 15.0. The van der Waals surface area contributed by atoms with Crippen molar-refractivity contribution < 1.29 is 24.2 Å². The van der Waals surface area contributed by atoms with Crippen LogP contribution < -0.4 is 10.6 Å². The molecule has 1 atom stereocenters. The van der Waals surface area contributed by atoms with Crippen LogP contribution in [0.1, 0.15) is 16.8 Å². The quantitative estimate of drug-likeness (QED) is 0.282. The molecule has 7 nitrogen and oxygen atoms in total. The largest absolute Gasteiger partial charge is 0.480 e. The van der Waals surface area contributed by atoms with E-state index in [1.807, 2.05) is 0 Å². The highest BCUT2D eigenvalue weighted by atomic mass is 35.5. The summed E-state index contributed by atoms with van der Waals surface area (Å²) in [4.78, 5) is 36.6. The Morgan fingerprint density at radius 2 is 1.59 bits per heavy atom. The van der Waals surface area contributed by atoms with E-state index in [2.05, 4.69) is 10.6 Å². The Morgan fingerprint density at radius 3 is 2.24 bits per heavy atom. The highest BCUT2D eigenvalue weighted by molar-refractivity contribution is 8.00. The van der Waals surface area contributed by atoms with Gasteiger partial charge in [-0.3, -0.25) is 14.9 Å². The number of carboxylic acids is 1. The number of rotatable bonds is 9. The second-order valence-electron chi connectivity index (χ2n) is 6.99. The monoisotopic (exact) mass is 518 g/mol. The minimum Gasteiger partial charge on any atom is -0.480 e. The molecule has 0 aliphatic rings. The molecule has 3 aromatic rings. The lowest BCUT2D eigenvalue weighted by molar-refractivity contribution is -0.136. The molecular formula is C24H20Cl2N2O5S. The van der Waals surface area contributed by atoms with E-state index in [0.29, 0.717) is 31.9 Å². The molecule has 3 rings (SSSR count). The molecular weight excluding hydrogens is 499 g/mol. The third kappa shape index (κ3) is 7.98. The molecule has 0 aliphatic carbocycles. The van der Waals surface area contributed by atoms with Crippen LogP contribution in [0.3, 0.4) is 0 Å². The van der Waals surface area contributed by atoms with Crippen molar-refractivity contribution in [3.05, 3.63) is 88.4 Å². The first kappa shape index (κ1) is 25.4. The Morgan fingerprint density at radius 1 is 0.882 bits per heavy atom. The van der Waals surface area contributed by atoms with Crippen molar-refractivity contribution >= 4 is 64.3 Å². The topological polar surface area (TPSA) is 105 Å². The highest BCUT2D eigenvalue weighted by Crippen LogP contribution is 2.26. The van der Waals surface area contributed by atoms with Crippen LogP contribution >= 0.6 is 35.0 Å². The van der Waals surface area contributed by atoms with Gasteiger partial charge in [0.25, 0.3) is 5.91 Å². The van der Waals surface area contributed by atoms with Gasteiger partial charge in [-0.05, 0) is 66.7 Å². The molecule has 0 aromatic heterocycles. The summed E-state index contributed by atoms with van der Waals surface area (Å²) in [5.74, 6) is -1.33. The number of hydrogen-bond donors (Lipinski definition) is 3. The highest BCUT2D eigenvalue weighted by Gasteiger charge is 2.20. The first-order chi connectivity index (χ1) is 16.3. The second-order valence-corrected chi connectivity index (χ2v) is 9.14. The summed E-state index contributed by atoms with van der Waals surface area (Å²) in [6.45, 7) is -0.0854. The summed E-state index contributed by atoms with van der Waals surface area (Å²) < 4.78 is 5.09. The fraction of sp³-hybridized carbons (Fsp3) is 0.125. The summed E-state index contributed by atoms with van der Waals surface area (Å²) in [6, 6.07) is 19.9. The Labute approximate surface area is 210 Å². The van der Waals surface area contributed by atoms with Crippen molar-refractivity contribution in [1.29, 1.82) is 0 Å². The van der Waals surface area contributed by atoms with Gasteiger partial charge >= 0.3 is 12.1 Å². The number of nitrogens with one attached hydrogen (secondary N) is 2. The summed E-state index contributed by atoms with van der Waals surface area (Å²) in [7, 11) is 0. The summed E-state index contributed by atoms with van der Waals surface area (Å²) in [5.41, 5.74) is 1.51. The molecule has 0 radical (unpaired) electrons. The minimum absolute atomic E-state index is 0.0854. The van der Waals surface area contributed by atoms with E-state index in [1.165, 1.54) is 0 Å². The lowest BCUT2D eigenvalue weighted by atomic mass is 10.2. The Kier molecular flexibility index (Phi) is 9.21. The van der Waals surface area contributed by atoms with E-state index in [1.54, 1.807) is 72.8 Å². The van der Waals surface area contributed by atoms with E-state index >= 15 is 0 Å². The van der Waals surface area contributed by atoms with E-state index in [9.17, 15) is 19.5 Å². The number of carbonyl (C=O) groups is 3. The summed E-state index contributed by atoms with van der Waals surface area (Å²) >= 11 is 12.8. The van der Waals surface area contributed by atoms with Gasteiger partial charge < -0.3 is 15.2 Å². The molecule has 0 spiro atoms. The van der Waals surface area contributed by atoms with Crippen molar-refractivity contribution in [1.82, 2.24) is 0 Å². The Hall–Kier alpha value is -3.20. The molecule has 176 valence electrons. The molecule has 3 N–H and O–H groups in total. The second kappa shape index (κ2) is 12.3. The van der Waals surface area contributed by atoms with Gasteiger partial charge in [-0.1, -0.05) is 29.3 Å². The molecule has 34 heavy (non-hydrogen) atoms. The predicted octanol–water partition coefficient (Wildman–Crippen LogP) is 6.43. The number of carbonyl (C=O) groups excluding carboxylic acids is 2. The van der Waals surface area contributed by atoms with Crippen LogP contribution in [0.15, 0.2) is 77.7 Å². The van der Waals surface area contributed by atoms with Crippen LogP contribution in [0.4, 0.5) is 16.2 Å². The molecule has 0 saturated carbocycles. The van der Waals surface area contributed by atoms with Crippen LogP contribution in [0, 0.1) is 0 Å². The predicted molar refractivity (Wildman–Crippen MR) is 134 cm³/mol. The Bertz CT molecular complexity index is 1160. The fourth-order valence-corrected chi connectivity index (χ4v) is 4.05. The molecule has 0 saturated heterocycles. The SMILES string of the molecule is O=C(Nc1cccc(Cl)c1)OCCC(Sc1ccc(C(=O)Nc2ccc(Cl)cc2)cc1)C(=O)O. The first-order valence-electron chi connectivity index (χ1n) is 10.1. The van der Waals surface area contributed by atoms with Gasteiger partial charge in [-0.15, -0.1) is 11.8 Å². The van der Waals surface area contributed by atoms with Gasteiger partial charge in [0.2, 0.25) is 0 Å². The van der Waals surface area contributed by atoms with Gasteiger partial charge in [-0.2, -0.15) is 0 Å². The third-order valence-electron chi connectivity index (χ3n) is 4.46. The number of amides is 2. The average molecular weight is 519 g/mol. The van der Waals surface area contributed by atoms with Gasteiger partial charge in [0, 0.05) is 38.3 Å². The minimum atomic E-state index is -1.03. The maximum Gasteiger partial charge on any atom is 0.411 e. The normalized spacial score (nSPS) is 11.4. The van der Waals surface area contributed by atoms with Gasteiger partial charge in [-0.25, -0.2) is 4.79 Å². The van der Waals surface area contributed by atoms with Crippen molar-refractivity contribution in [2.75, 3.05) is 17.2 Å². The van der Waals surface area contributed by atoms with Crippen LogP contribution in [-0.2, 0) is 9.53 Å². The van der Waals surface area contributed by atoms with Gasteiger partial charge in [0.15, 0.2) is 0 Å². The van der Waals surface area contributed by atoms with Gasteiger partial charge in [0.05, 0.1) is 6.61 Å². The summed E-state index contributed by atoms with van der Waals surface area (Å²) in [6.07, 6.45) is -0.602. The van der Waals surface area contributed by atoms with Crippen molar-refractivity contribution in [3.8, 4) is 0 Å². The lowest BCUT2D eigenvalue weighted by Crippen LogP contribution is -2.21. The molecule has 0 aliphatic heterocycles. The van der Waals surface area contributed by atoms with Gasteiger partial charge in [0.1, 0.15) is 5.25 Å². The number of ether oxygens (including phenoxy) is 1. The molecule has 3 aromatic carbocycles. The molecule has 2 amide bonds. The maximum absolute atomic E-state index is 12.4. The zero-order valence-corrected chi connectivity index (χ0v) is 20.0. The van der Waals surface area contributed by atoms with Crippen molar-refractivity contribution in [2.45, 2.75) is 16.6 Å². The van der Waals surface area contributed by atoms with Crippen LogP contribution in [0.5, 0.6) is 0 Å². The van der Waals surface area contributed by atoms with Crippen LogP contribution in [0.25, 0.3) is 0 Å². The van der Waals surface area contributed by atoms with E-state index < -0.39 is 17.3 Å². The lowest BCUT2D eigenvalue weighted by Gasteiger charge is -2.13. The van der Waals surface area contributed by atoms with Crippen LogP contribution in [-0.4, -0.2) is 34.9 Å². The number of aliphatic carboxylic acids is 1. The standard InChI is InChI=1S/C24H20Cl2N2O5S/c25-16-6-8-18(9-7-16)27-22(29)15-4-10-20(11-5-15)34-21(23(30)31)12-13-33-24(32)28-19-3-1-2-17(26)14-19/h1-11,14,21H,12-13H2,(H,27,29)(H,28,32)(H,30,31). The van der Waals surface area contributed by atoms with E-state index in [-0.39, 0.29) is 18.9 Å². The number of thioether (sulfide) groups is 1. The first-order valence-corrected chi connectivity index (χ1v) is 11.7. The maximum atomic E-state index is 12.4. The number of anilines is 2. The zero-order chi connectivity index (χ0) is 24.5. The smallest absolute Gasteiger partial charge is 0.411 e. The number of carboxylic acid groups (broad SMARTS) is 1. The molecule has 0 bridgehead atoms. The number of benzene rings is 3. The molecule has 10 heteroatoms.